The van der Waals surface area contributed by atoms with Gasteiger partial charge in [0.2, 0.25) is 11.8 Å². The Morgan fingerprint density at radius 2 is 1.29 bits per heavy atom. The van der Waals surface area contributed by atoms with Gasteiger partial charge in [-0.05, 0) is 13.8 Å². The maximum Gasteiger partial charge on any atom is 0.327 e. The molecule has 0 aliphatic rings. The summed E-state index contributed by atoms with van der Waals surface area (Å²) in [6.45, 7) is 2.66. The second-order valence-corrected chi connectivity index (χ2v) is 7.54. The van der Waals surface area contributed by atoms with Crippen LogP contribution in [0.4, 0.5) is 0 Å². The lowest BCUT2D eigenvalue weighted by molar-refractivity contribution is -0.157. The van der Waals surface area contributed by atoms with Crippen LogP contribution in [0.25, 0.3) is 0 Å². The lowest BCUT2D eigenvalue weighted by Gasteiger charge is -2.29. The predicted octanol–water partition coefficient (Wildman–Crippen LogP) is -1.72. The number of nitrogens with two attached hydrogens (primary N) is 3. The van der Waals surface area contributed by atoms with E-state index in [9.17, 15) is 24.3 Å². The normalized spacial score (nSPS) is 15.9. The van der Waals surface area contributed by atoms with E-state index in [1.807, 2.05) is 0 Å². The topological polar surface area (TPSA) is 190 Å². The molecule has 24 heavy (non-hydrogen) atoms. The van der Waals surface area contributed by atoms with Gasteiger partial charge in [-0.3, -0.25) is 19.3 Å². The van der Waals surface area contributed by atoms with E-state index in [2.05, 4.69) is 0 Å². The Morgan fingerprint density at radius 1 is 0.875 bits per heavy atom. The molecule has 0 saturated heterocycles. The van der Waals surface area contributed by atoms with E-state index in [1.165, 1.54) is 13.8 Å². The summed E-state index contributed by atoms with van der Waals surface area (Å²) in [5.41, 5.74) is 16.3. The first-order chi connectivity index (χ1) is 11.0. The molecule has 2 amide bonds. The number of amides is 2. The first-order valence-corrected chi connectivity index (χ1v) is 9.33. The van der Waals surface area contributed by atoms with Gasteiger partial charge in [0.15, 0.2) is 0 Å². The fraction of sp³-hybridized carbons (Fsp3) is 0.667. The van der Waals surface area contributed by atoms with Gasteiger partial charge in [-0.25, -0.2) is 4.79 Å². The molecule has 0 aromatic rings. The maximum atomic E-state index is 12.1. The number of hydrogen-bond donors (Lipinski definition) is 5. The summed E-state index contributed by atoms with van der Waals surface area (Å²) in [7, 11) is 2.02. The van der Waals surface area contributed by atoms with E-state index >= 15 is 0 Å². The molecular weight excluding hydrogens is 360 g/mol. The van der Waals surface area contributed by atoms with E-state index in [0.717, 1.165) is 21.6 Å². The number of nitrogens with zero attached hydrogens (tertiary/aromatic N) is 1. The summed E-state index contributed by atoms with van der Waals surface area (Å²) >= 11 is 0. The van der Waals surface area contributed by atoms with Crippen LogP contribution in [-0.4, -0.2) is 74.5 Å². The average molecular weight is 382 g/mol. The summed E-state index contributed by atoms with van der Waals surface area (Å²) in [5.74, 6) is -4.40. The highest BCUT2D eigenvalue weighted by atomic mass is 33.1. The molecule has 8 N–H and O–H groups in total. The second-order valence-electron chi connectivity index (χ2n) is 4.99. The first kappa shape index (κ1) is 22.7. The SMILES string of the molecule is CC(N)C(=O)N(C(=O)C(C)N)C(CSSCC(N)C(=O)O)C(=O)O. The lowest BCUT2D eigenvalue weighted by Crippen LogP contribution is -2.58. The predicted molar refractivity (Wildman–Crippen MR) is 91.1 cm³/mol. The summed E-state index contributed by atoms with van der Waals surface area (Å²) < 4.78 is 0. The van der Waals surface area contributed by atoms with Crippen molar-refractivity contribution in [2.45, 2.75) is 38.0 Å². The van der Waals surface area contributed by atoms with Crippen LogP contribution in [0.3, 0.4) is 0 Å². The zero-order chi connectivity index (χ0) is 19.0. The van der Waals surface area contributed by atoms with E-state index in [0.29, 0.717) is 4.90 Å². The highest BCUT2D eigenvalue weighted by Gasteiger charge is 2.37. The summed E-state index contributed by atoms with van der Waals surface area (Å²) in [4.78, 5) is 46.9. The summed E-state index contributed by atoms with van der Waals surface area (Å²) in [5, 5.41) is 18.0. The number of carbonyl (C=O) groups excluding carboxylic acids is 2. The van der Waals surface area contributed by atoms with Crippen molar-refractivity contribution in [1.29, 1.82) is 0 Å². The number of hydrogen-bond acceptors (Lipinski definition) is 9. The molecular formula is C12H22N4O6S2. The Bertz CT molecular complexity index is 468. The number of imide groups is 1. The van der Waals surface area contributed by atoms with E-state index in [-0.39, 0.29) is 11.5 Å². The quantitative estimate of drug-likeness (QED) is 0.213. The molecule has 4 unspecified atom stereocenters. The summed E-state index contributed by atoms with van der Waals surface area (Å²) in [6.07, 6.45) is 0. The number of rotatable bonds is 10. The second kappa shape index (κ2) is 10.5. The minimum Gasteiger partial charge on any atom is -0.480 e. The maximum absolute atomic E-state index is 12.1. The van der Waals surface area contributed by atoms with Gasteiger partial charge in [0.05, 0.1) is 12.1 Å². The molecule has 0 aromatic carbocycles. The number of carboxylic acids is 2. The largest absolute Gasteiger partial charge is 0.480 e. The molecule has 0 heterocycles. The van der Waals surface area contributed by atoms with Crippen LogP contribution < -0.4 is 17.2 Å². The Labute approximate surface area is 146 Å². The van der Waals surface area contributed by atoms with Crippen molar-refractivity contribution in [3.05, 3.63) is 0 Å². The van der Waals surface area contributed by atoms with Crippen LogP contribution >= 0.6 is 21.6 Å². The number of carbonyl (C=O) groups is 4. The van der Waals surface area contributed by atoms with Crippen molar-refractivity contribution >= 4 is 45.3 Å². The van der Waals surface area contributed by atoms with Gasteiger partial charge in [-0.2, -0.15) is 0 Å². The van der Waals surface area contributed by atoms with Crippen molar-refractivity contribution in [2.75, 3.05) is 11.5 Å². The molecule has 0 spiro atoms. The highest BCUT2D eigenvalue weighted by Crippen LogP contribution is 2.24. The van der Waals surface area contributed by atoms with Crippen LogP contribution in [0.15, 0.2) is 0 Å². The molecule has 0 aromatic heterocycles. The third-order valence-corrected chi connectivity index (χ3v) is 5.15. The summed E-state index contributed by atoms with van der Waals surface area (Å²) in [6, 6.07) is -4.72. The molecule has 0 saturated carbocycles. The minimum atomic E-state index is -1.47. The van der Waals surface area contributed by atoms with Crippen molar-refractivity contribution in [3.63, 3.8) is 0 Å². The molecule has 4 atom stereocenters. The van der Waals surface area contributed by atoms with Crippen molar-refractivity contribution in [1.82, 2.24) is 4.90 Å². The molecule has 138 valence electrons. The van der Waals surface area contributed by atoms with Crippen LogP contribution in [0, 0.1) is 0 Å². The molecule has 0 radical (unpaired) electrons. The van der Waals surface area contributed by atoms with Gasteiger partial charge in [-0.1, -0.05) is 21.6 Å². The van der Waals surface area contributed by atoms with Crippen molar-refractivity contribution in [2.24, 2.45) is 17.2 Å². The van der Waals surface area contributed by atoms with Gasteiger partial charge in [0, 0.05) is 11.5 Å². The van der Waals surface area contributed by atoms with E-state index in [4.69, 9.17) is 22.3 Å². The minimum absolute atomic E-state index is 0.0365. The Balaban J connectivity index is 5.06. The Kier molecular flexibility index (Phi) is 9.92. The molecule has 0 fully saturated rings. The fourth-order valence-electron chi connectivity index (χ4n) is 1.42. The smallest absolute Gasteiger partial charge is 0.327 e. The number of carboxylic acid groups (broad SMARTS) is 2. The zero-order valence-corrected chi connectivity index (χ0v) is 14.9. The lowest BCUT2D eigenvalue weighted by atomic mass is 10.2. The van der Waals surface area contributed by atoms with E-state index in [1.54, 1.807) is 0 Å². The van der Waals surface area contributed by atoms with Crippen molar-refractivity contribution in [3.8, 4) is 0 Å². The highest BCUT2D eigenvalue weighted by molar-refractivity contribution is 8.76. The van der Waals surface area contributed by atoms with Gasteiger partial charge in [-0.15, -0.1) is 0 Å². The van der Waals surface area contributed by atoms with Gasteiger partial charge in [0.25, 0.3) is 0 Å². The monoisotopic (exact) mass is 382 g/mol. The third-order valence-electron chi connectivity index (χ3n) is 2.72. The average Bonchev–Trinajstić information content (AvgIpc) is 2.48. The van der Waals surface area contributed by atoms with Gasteiger partial charge in [0.1, 0.15) is 12.1 Å². The van der Waals surface area contributed by atoms with Crippen LogP contribution in [0.2, 0.25) is 0 Å². The van der Waals surface area contributed by atoms with Crippen LogP contribution in [-0.2, 0) is 19.2 Å². The Morgan fingerprint density at radius 3 is 1.62 bits per heavy atom. The van der Waals surface area contributed by atoms with E-state index < -0.39 is 47.9 Å². The van der Waals surface area contributed by atoms with Crippen LogP contribution in [0.1, 0.15) is 13.8 Å². The third kappa shape index (κ3) is 7.05. The zero-order valence-electron chi connectivity index (χ0n) is 13.2. The molecule has 0 aliphatic heterocycles. The fourth-order valence-corrected chi connectivity index (χ4v) is 3.72. The molecule has 0 aliphatic carbocycles. The van der Waals surface area contributed by atoms with Gasteiger partial charge < -0.3 is 27.4 Å². The van der Waals surface area contributed by atoms with Gasteiger partial charge >= 0.3 is 11.9 Å². The molecule has 12 heteroatoms. The molecule has 0 bridgehead atoms. The first-order valence-electron chi connectivity index (χ1n) is 6.84. The number of aliphatic carboxylic acids is 2. The molecule has 0 rings (SSSR count). The van der Waals surface area contributed by atoms with Crippen molar-refractivity contribution < 1.29 is 29.4 Å². The standard InChI is InChI=1S/C12H22N4O6S2/c1-5(13)9(17)16(10(18)6(2)14)8(12(21)22)4-24-23-3-7(15)11(19)20/h5-8H,3-4,13-15H2,1-2H3,(H,19,20)(H,21,22). The molecule has 10 nitrogen and oxygen atoms in total. The van der Waals surface area contributed by atoms with Crippen LogP contribution in [0.5, 0.6) is 0 Å². The Hall–Kier alpha value is -1.34.